The summed E-state index contributed by atoms with van der Waals surface area (Å²) < 4.78 is 52.7. The molecule has 1 aromatic heterocycles. The predicted octanol–water partition coefficient (Wildman–Crippen LogP) is 4.96. The molecule has 44 heavy (non-hydrogen) atoms. The zero-order valence-corrected chi connectivity index (χ0v) is 27.9. The molecule has 4 atom stereocenters. The Hall–Kier alpha value is -2.74. The van der Waals surface area contributed by atoms with E-state index in [4.69, 9.17) is 23.1 Å². The van der Waals surface area contributed by atoms with Crippen molar-refractivity contribution < 1.29 is 26.5 Å². The van der Waals surface area contributed by atoms with Crippen molar-refractivity contribution in [3.63, 3.8) is 0 Å². The van der Waals surface area contributed by atoms with Crippen LogP contribution in [-0.2, 0) is 34.8 Å². The van der Waals surface area contributed by atoms with E-state index in [0.29, 0.717) is 18.0 Å². The normalized spacial score (nSPS) is 23.6. The molecule has 6 rings (SSSR count). The van der Waals surface area contributed by atoms with Gasteiger partial charge < -0.3 is 13.9 Å². The number of ether oxygens (including phenoxy) is 2. The third-order valence-corrected chi connectivity index (χ3v) is 15.4. The van der Waals surface area contributed by atoms with E-state index in [9.17, 15) is 8.42 Å². The zero-order valence-electron chi connectivity index (χ0n) is 25.3. The van der Waals surface area contributed by atoms with Gasteiger partial charge in [-0.15, -0.1) is 11.3 Å². The van der Waals surface area contributed by atoms with Gasteiger partial charge in [-0.05, 0) is 22.3 Å². The maximum Gasteiger partial charge on any atom is 0.337 e. The Morgan fingerprint density at radius 3 is 2.14 bits per heavy atom. The van der Waals surface area contributed by atoms with Crippen LogP contribution in [0.15, 0.2) is 91.0 Å². The summed E-state index contributed by atoms with van der Waals surface area (Å²) >= 11 is 1.47. The monoisotopic (exact) mass is 650 g/mol. The van der Waals surface area contributed by atoms with Gasteiger partial charge in [0.2, 0.25) is 0 Å². The maximum atomic E-state index is 12.7. The first-order chi connectivity index (χ1) is 21.1. The summed E-state index contributed by atoms with van der Waals surface area (Å²) in [4.78, 5) is 5.98. The van der Waals surface area contributed by atoms with Crippen LogP contribution >= 0.6 is 11.3 Å². The number of aryl methyl sites for hydroxylation is 1. The first-order valence-electron chi connectivity index (χ1n) is 14.8. The summed E-state index contributed by atoms with van der Waals surface area (Å²) in [5.41, 5.74) is 1.74. The molecule has 0 aliphatic carbocycles. The van der Waals surface area contributed by atoms with Crippen LogP contribution in [-0.4, -0.2) is 47.1 Å². The highest BCUT2D eigenvalue weighted by Gasteiger charge is 2.50. The molecule has 0 bridgehead atoms. The topological polar surface area (TPSA) is 96.0 Å². The smallest absolute Gasteiger partial charge is 0.337 e. The van der Waals surface area contributed by atoms with Crippen molar-refractivity contribution in [2.24, 2.45) is 0 Å². The Balaban J connectivity index is 1.26. The second kappa shape index (κ2) is 12.6. The van der Waals surface area contributed by atoms with E-state index in [1.165, 1.54) is 21.7 Å². The van der Waals surface area contributed by atoms with Crippen LogP contribution in [0.25, 0.3) is 0 Å². The minimum absolute atomic E-state index is 0.0885. The van der Waals surface area contributed by atoms with Gasteiger partial charge in [-0.3, -0.25) is 0 Å². The van der Waals surface area contributed by atoms with E-state index in [1.54, 1.807) is 0 Å². The molecule has 0 amide bonds. The lowest BCUT2D eigenvalue weighted by Crippen LogP contribution is -2.66. The Bertz CT molecular complexity index is 1620. The minimum Gasteiger partial charge on any atom is -0.407 e. The first-order valence-corrected chi connectivity index (χ1v) is 18.9. The number of nitrogens with zero attached hydrogens (tertiary/aromatic N) is 1. The maximum absolute atomic E-state index is 12.7. The average molecular weight is 651 g/mol. The standard InChI is InChI=1S/C33H38N2O6S2Si/c1-23-27(20-21-39-44(33(2,3)4,25-16-10-6-11-17-25)26-18-12-7-13-19-26)34-31(42-23)29-30-28(41-43(36,37)35-29)22-38-32(40-30)24-14-8-5-9-15-24/h5-19,28-30,32,35H,20-22H2,1-4H3/t28-,29-,30+,32+/m1/s1. The molecule has 0 unspecified atom stereocenters. The van der Waals surface area contributed by atoms with Crippen molar-refractivity contribution in [2.45, 2.75) is 63.7 Å². The number of benzene rings is 3. The van der Waals surface area contributed by atoms with Crippen molar-refractivity contribution in [2.75, 3.05) is 13.2 Å². The predicted molar refractivity (Wildman–Crippen MR) is 174 cm³/mol. The van der Waals surface area contributed by atoms with Crippen LogP contribution < -0.4 is 15.1 Å². The van der Waals surface area contributed by atoms with Gasteiger partial charge in [0.05, 0.1) is 12.3 Å². The van der Waals surface area contributed by atoms with Crippen molar-refractivity contribution in [3.8, 4) is 0 Å². The summed E-state index contributed by atoms with van der Waals surface area (Å²) in [6.45, 7) is 9.36. The molecule has 8 nitrogen and oxygen atoms in total. The fourth-order valence-corrected chi connectivity index (χ4v) is 13.0. The molecule has 11 heteroatoms. The molecule has 232 valence electrons. The highest BCUT2D eigenvalue weighted by molar-refractivity contribution is 7.84. The number of thiazole rings is 1. The van der Waals surface area contributed by atoms with Crippen LogP contribution in [0.3, 0.4) is 0 Å². The second-order valence-corrected chi connectivity index (χ2v) is 19.1. The van der Waals surface area contributed by atoms with Crippen LogP contribution in [0, 0.1) is 6.92 Å². The van der Waals surface area contributed by atoms with Gasteiger partial charge >= 0.3 is 10.3 Å². The van der Waals surface area contributed by atoms with Crippen LogP contribution in [0.4, 0.5) is 0 Å². The molecule has 0 spiro atoms. The fraction of sp³-hybridized carbons (Fsp3) is 0.364. The van der Waals surface area contributed by atoms with Gasteiger partial charge in [0.25, 0.3) is 8.32 Å². The van der Waals surface area contributed by atoms with Gasteiger partial charge in [0.15, 0.2) is 6.29 Å². The quantitative estimate of drug-likeness (QED) is 0.270. The van der Waals surface area contributed by atoms with Gasteiger partial charge in [0, 0.05) is 23.5 Å². The largest absolute Gasteiger partial charge is 0.407 e. The second-order valence-electron chi connectivity index (χ2n) is 12.2. The van der Waals surface area contributed by atoms with Crippen LogP contribution in [0.5, 0.6) is 0 Å². The lowest BCUT2D eigenvalue weighted by atomic mass is 10.1. The Morgan fingerprint density at radius 2 is 1.55 bits per heavy atom. The van der Waals surface area contributed by atoms with Crippen molar-refractivity contribution in [1.82, 2.24) is 9.71 Å². The number of hydrogen-bond acceptors (Lipinski definition) is 8. The summed E-state index contributed by atoms with van der Waals surface area (Å²) in [5, 5.41) is 2.95. The summed E-state index contributed by atoms with van der Waals surface area (Å²) in [6.07, 6.45) is -1.43. The molecule has 4 aromatic rings. The molecule has 2 aliphatic rings. The molecule has 2 fully saturated rings. The molecule has 2 aliphatic heterocycles. The number of fused-ring (bicyclic) bond motifs is 1. The Morgan fingerprint density at radius 1 is 0.955 bits per heavy atom. The molecule has 2 saturated heterocycles. The van der Waals surface area contributed by atoms with Gasteiger partial charge in [-0.25, -0.2) is 9.17 Å². The number of rotatable bonds is 8. The zero-order chi connectivity index (χ0) is 31.0. The van der Waals surface area contributed by atoms with E-state index < -0.39 is 43.2 Å². The number of aromatic nitrogens is 1. The molecular formula is C33H38N2O6S2Si. The van der Waals surface area contributed by atoms with Crippen molar-refractivity contribution in [1.29, 1.82) is 0 Å². The number of hydrogen-bond donors (Lipinski definition) is 1. The average Bonchev–Trinajstić information content (AvgIpc) is 3.39. The number of nitrogens with one attached hydrogen (secondary N) is 1. The van der Waals surface area contributed by atoms with Gasteiger partial charge in [-0.2, -0.15) is 13.1 Å². The lowest BCUT2D eigenvalue weighted by molar-refractivity contribution is -0.261. The molecule has 0 radical (unpaired) electrons. The van der Waals surface area contributed by atoms with Crippen molar-refractivity contribution in [3.05, 3.63) is 112 Å². The summed E-state index contributed by atoms with van der Waals surface area (Å²) in [6, 6.07) is 30.0. The minimum atomic E-state index is -4.01. The van der Waals surface area contributed by atoms with Gasteiger partial charge in [-0.1, -0.05) is 112 Å². The van der Waals surface area contributed by atoms with E-state index in [-0.39, 0.29) is 11.6 Å². The molecule has 0 saturated carbocycles. The lowest BCUT2D eigenvalue weighted by Gasteiger charge is -2.43. The summed E-state index contributed by atoms with van der Waals surface area (Å²) in [5.74, 6) is 0. The third kappa shape index (κ3) is 6.20. The van der Waals surface area contributed by atoms with E-state index in [0.717, 1.165) is 16.1 Å². The van der Waals surface area contributed by atoms with Gasteiger partial charge in [0.1, 0.15) is 23.3 Å². The fourth-order valence-electron chi connectivity index (χ4n) is 6.19. The Kier molecular flexibility index (Phi) is 8.93. The summed E-state index contributed by atoms with van der Waals surface area (Å²) in [7, 11) is -6.71. The highest BCUT2D eigenvalue weighted by atomic mass is 32.2. The van der Waals surface area contributed by atoms with E-state index >= 15 is 0 Å². The van der Waals surface area contributed by atoms with E-state index in [1.807, 2.05) is 49.4 Å². The SMILES string of the molecule is Cc1sc([C@@H]2NS(=O)(=O)O[C@@H]3CO[C@H](c4ccccc4)O[C@@H]32)nc1CCO[Si](c1ccccc1)(c1ccccc1)C(C)(C)C. The van der Waals surface area contributed by atoms with Crippen LogP contribution in [0.1, 0.15) is 54.2 Å². The third-order valence-electron chi connectivity index (χ3n) is 8.23. The van der Waals surface area contributed by atoms with Crippen LogP contribution in [0.2, 0.25) is 5.04 Å². The molecule has 3 heterocycles. The first kappa shape index (κ1) is 31.2. The molecule has 1 N–H and O–H groups in total. The molecular weight excluding hydrogens is 613 g/mol. The van der Waals surface area contributed by atoms with Crippen molar-refractivity contribution >= 4 is 40.3 Å². The highest BCUT2D eigenvalue weighted by Crippen LogP contribution is 2.40. The molecule has 3 aromatic carbocycles. The van der Waals surface area contributed by atoms with E-state index in [2.05, 4.69) is 74.0 Å². The Labute approximate surface area is 264 Å².